The van der Waals surface area contributed by atoms with Crippen molar-refractivity contribution in [2.45, 2.75) is 36.6 Å². The third-order valence-corrected chi connectivity index (χ3v) is 21.0. The number of hydrogen-bond acceptors (Lipinski definition) is 0. The molecule has 0 aliphatic rings. The molecular weight excluding hydrogens is 359 g/mol. The maximum atomic E-state index is 2.40. The van der Waals surface area contributed by atoms with Crippen LogP contribution in [-0.4, -0.2) is 18.4 Å². The van der Waals surface area contributed by atoms with Gasteiger partial charge >= 0.3 is 135 Å². The monoisotopic (exact) mass is 388 g/mol. The van der Waals surface area contributed by atoms with E-state index < -0.39 is 18.4 Å². The summed E-state index contributed by atoms with van der Waals surface area (Å²) in [5, 5.41) is 0. The topological polar surface area (TPSA) is 0 Å². The maximum absolute atomic E-state index is 2.60. The zero-order valence-electron chi connectivity index (χ0n) is 13.8. The summed E-state index contributed by atoms with van der Waals surface area (Å²) in [6, 6.07) is 22.8. The summed E-state index contributed by atoms with van der Waals surface area (Å²) in [7, 11) is 0. The summed E-state index contributed by atoms with van der Waals surface area (Å²) in [5.41, 5.74) is 0. The zero-order valence-corrected chi connectivity index (χ0v) is 16.7. The quantitative estimate of drug-likeness (QED) is 0.638. The second-order valence-corrected chi connectivity index (χ2v) is 18.8. The van der Waals surface area contributed by atoms with Crippen molar-refractivity contribution in [3.8, 4) is 0 Å². The minimum absolute atomic E-state index is 0.764. The summed E-state index contributed by atoms with van der Waals surface area (Å²) < 4.78 is 6.14. The molecule has 0 aliphatic carbocycles. The molecule has 0 amide bonds. The Kier molecular flexibility index (Phi) is 5.92. The molecule has 112 valence electrons. The van der Waals surface area contributed by atoms with Gasteiger partial charge in [0.25, 0.3) is 0 Å². The van der Waals surface area contributed by atoms with Gasteiger partial charge in [0.2, 0.25) is 0 Å². The first-order valence-electron chi connectivity index (χ1n) is 8.15. The van der Waals surface area contributed by atoms with Gasteiger partial charge in [-0.05, 0) is 0 Å². The van der Waals surface area contributed by atoms with Gasteiger partial charge in [0.15, 0.2) is 0 Å². The summed E-state index contributed by atoms with van der Waals surface area (Å²) >= 11 is -2.60. The minimum atomic E-state index is -2.60. The molecule has 0 unspecified atom stereocenters. The fourth-order valence-corrected chi connectivity index (χ4v) is 20.4. The van der Waals surface area contributed by atoms with E-state index in [-0.39, 0.29) is 0 Å². The predicted molar refractivity (Wildman–Crippen MR) is 97.2 cm³/mol. The van der Waals surface area contributed by atoms with E-state index in [9.17, 15) is 0 Å². The molecule has 0 bridgehead atoms. The Balaban J connectivity index is 2.59. The van der Waals surface area contributed by atoms with Crippen LogP contribution in [0.2, 0.25) is 8.87 Å². The fourth-order valence-electron chi connectivity index (χ4n) is 3.63. The normalized spacial score (nSPS) is 12.1. The molecular formula is C20H28Sn. The first-order chi connectivity index (χ1) is 10.0. The summed E-state index contributed by atoms with van der Waals surface area (Å²) in [5.74, 6) is 1.53. The van der Waals surface area contributed by atoms with Crippen LogP contribution in [0.3, 0.4) is 0 Å². The van der Waals surface area contributed by atoms with E-state index in [0.717, 1.165) is 11.8 Å². The van der Waals surface area contributed by atoms with Gasteiger partial charge in [0.05, 0.1) is 0 Å². The van der Waals surface area contributed by atoms with Crippen LogP contribution in [0.25, 0.3) is 0 Å². The molecule has 2 aromatic rings. The average molecular weight is 387 g/mol. The van der Waals surface area contributed by atoms with Crippen molar-refractivity contribution in [1.29, 1.82) is 0 Å². The summed E-state index contributed by atoms with van der Waals surface area (Å²) in [6.45, 7) is 9.55. The molecule has 2 aromatic carbocycles. The van der Waals surface area contributed by atoms with Crippen molar-refractivity contribution >= 4 is 25.5 Å². The fraction of sp³-hybridized carbons (Fsp3) is 0.400. The van der Waals surface area contributed by atoms with Gasteiger partial charge in [-0.15, -0.1) is 0 Å². The molecule has 1 heteroatoms. The van der Waals surface area contributed by atoms with Crippen LogP contribution >= 0.6 is 0 Å². The van der Waals surface area contributed by atoms with Gasteiger partial charge in [0.1, 0.15) is 0 Å². The third-order valence-electron chi connectivity index (χ3n) is 4.17. The zero-order chi connectivity index (χ0) is 15.3. The first kappa shape index (κ1) is 16.6. The molecule has 0 spiro atoms. The van der Waals surface area contributed by atoms with E-state index in [1.807, 2.05) is 0 Å². The SMILES string of the molecule is CC(C)[CH2][Sn]([CH2]C(C)C)([c]1ccccc1)[c]1ccccc1. The molecule has 0 aliphatic heterocycles. The van der Waals surface area contributed by atoms with E-state index in [1.165, 1.54) is 8.87 Å². The van der Waals surface area contributed by atoms with Gasteiger partial charge in [-0.3, -0.25) is 0 Å². The van der Waals surface area contributed by atoms with Gasteiger partial charge < -0.3 is 0 Å². The molecule has 0 saturated heterocycles. The molecule has 0 nitrogen and oxygen atoms in total. The Morgan fingerprint density at radius 1 is 0.619 bits per heavy atom. The van der Waals surface area contributed by atoms with Crippen LogP contribution in [0.4, 0.5) is 0 Å². The second kappa shape index (κ2) is 7.49. The molecule has 0 radical (unpaired) electrons. The van der Waals surface area contributed by atoms with Crippen molar-refractivity contribution in [3.05, 3.63) is 60.7 Å². The second-order valence-electron chi connectivity index (χ2n) is 7.01. The van der Waals surface area contributed by atoms with Crippen LogP contribution in [0.15, 0.2) is 60.7 Å². The van der Waals surface area contributed by atoms with Crippen LogP contribution in [-0.2, 0) is 0 Å². The molecule has 0 heterocycles. The standard InChI is InChI=1S/2C6H5.2C4H9.Sn/c2*1-2-4-6-5-3-1;2*1-4(2)3;/h2*1-5H;2*4H,1H2,2-3H3;. The van der Waals surface area contributed by atoms with Gasteiger partial charge in [-0.1, -0.05) is 0 Å². The third kappa shape index (κ3) is 4.12. The van der Waals surface area contributed by atoms with Crippen molar-refractivity contribution in [3.63, 3.8) is 0 Å². The molecule has 0 N–H and O–H groups in total. The number of rotatable bonds is 6. The van der Waals surface area contributed by atoms with Gasteiger partial charge in [0, 0.05) is 0 Å². The van der Waals surface area contributed by atoms with E-state index in [0.29, 0.717) is 0 Å². The van der Waals surface area contributed by atoms with E-state index in [1.54, 1.807) is 7.16 Å². The molecule has 0 aromatic heterocycles. The van der Waals surface area contributed by atoms with E-state index in [2.05, 4.69) is 88.4 Å². The predicted octanol–water partition coefficient (Wildman–Crippen LogP) is 4.56. The van der Waals surface area contributed by atoms with Gasteiger partial charge in [-0.2, -0.15) is 0 Å². The molecule has 0 saturated carbocycles. The van der Waals surface area contributed by atoms with Crippen molar-refractivity contribution in [1.82, 2.24) is 0 Å². The van der Waals surface area contributed by atoms with E-state index in [4.69, 9.17) is 0 Å². The molecule has 21 heavy (non-hydrogen) atoms. The Bertz CT molecular complexity index is 477. The first-order valence-corrected chi connectivity index (χ1v) is 15.0. The Hall–Kier alpha value is -0.761. The number of hydrogen-bond donors (Lipinski definition) is 0. The van der Waals surface area contributed by atoms with Crippen molar-refractivity contribution in [2.75, 3.05) is 0 Å². The average Bonchev–Trinajstić information content (AvgIpc) is 2.47. The van der Waals surface area contributed by atoms with Crippen molar-refractivity contribution < 1.29 is 0 Å². The Labute approximate surface area is 134 Å². The molecule has 2 rings (SSSR count). The van der Waals surface area contributed by atoms with E-state index >= 15 is 0 Å². The van der Waals surface area contributed by atoms with Crippen LogP contribution in [0.1, 0.15) is 27.7 Å². The summed E-state index contributed by atoms with van der Waals surface area (Å²) in [4.78, 5) is 0. The Morgan fingerprint density at radius 3 is 1.24 bits per heavy atom. The number of benzene rings is 2. The molecule has 0 atom stereocenters. The van der Waals surface area contributed by atoms with Crippen molar-refractivity contribution in [2.24, 2.45) is 11.8 Å². The summed E-state index contributed by atoms with van der Waals surface area (Å²) in [6.07, 6.45) is 0. The molecule has 0 fully saturated rings. The Morgan fingerprint density at radius 2 is 0.952 bits per heavy atom. The van der Waals surface area contributed by atoms with Crippen LogP contribution in [0.5, 0.6) is 0 Å². The van der Waals surface area contributed by atoms with Gasteiger partial charge in [-0.25, -0.2) is 0 Å². The van der Waals surface area contributed by atoms with Crippen LogP contribution in [0, 0.1) is 11.8 Å². The van der Waals surface area contributed by atoms with Crippen LogP contribution < -0.4 is 7.16 Å².